The van der Waals surface area contributed by atoms with E-state index in [1.165, 1.54) is 19.6 Å². The second-order valence-corrected chi connectivity index (χ2v) is 13.6. The van der Waals surface area contributed by atoms with Gasteiger partial charge in [0.25, 0.3) is 5.56 Å². The zero-order valence-electron chi connectivity index (χ0n) is 27.4. The number of hydrogen-bond donors (Lipinski definition) is 2. The highest BCUT2D eigenvalue weighted by Gasteiger charge is 2.43. The van der Waals surface area contributed by atoms with Crippen molar-refractivity contribution < 1.29 is 9.13 Å². The molecule has 3 aromatic rings. The molecule has 1 saturated carbocycles. The monoisotopic (exact) mass is 604 g/mol. The van der Waals surface area contributed by atoms with Crippen LogP contribution >= 0.6 is 0 Å². The van der Waals surface area contributed by atoms with E-state index in [4.69, 9.17) is 9.73 Å². The zero-order chi connectivity index (χ0) is 31.6. The van der Waals surface area contributed by atoms with Crippen molar-refractivity contribution in [2.24, 2.45) is 34.1 Å². The van der Waals surface area contributed by atoms with Crippen LogP contribution in [0.25, 0.3) is 10.9 Å². The molecular formula is C35H49FN6O2. The van der Waals surface area contributed by atoms with Crippen LogP contribution in [0.2, 0.25) is 0 Å². The molecular weight excluding hydrogens is 555 g/mol. The van der Waals surface area contributed by atoms with Crippen LogP contribution in [-0.4, -0.2) is 59.7 Å². The number of fused-ring (bicyclic) bond motifs is 1. The first-order chi connectivity index (χ1) is 21.0. The van der Waals surface area contributed by atoms with Gasteiger partial charge in [-0.1, -0.05) is 40.7 Å². The van der Waals surface area contributed by atoms with Crippen LogP contribution in [0.5, 0.6) is 5.75 Å². The fourth-order valence-electron chi connectivity index (χ4n) is 6.92. The van der Waals surface area contributed by atoms with Gasteiger partial charge in [0.15, 0.2) is 5.96 Å². The molecule has 8 nitrogen and oxygen atoms in total. The van der Waals surface area contributed by atoms with Gasteiger partial charge in [-0.25, -0.2) is 9.37 Å². The Balaban J connectivity index is 1.34. The van der Waals surface area contributed by atoms with Crippen molar-refractivity contribution in [1.29, 1.82) is 0 Å². The van der Waals surface area contributed by atoms with Crippen LogP contribution in [0, 0.1) is 34.9 Å². The summed E-state index contributed by atoms with van der Waals surface area (Å²) in [6.45, 7) is 18.0. The lowest BCUT2D eigenvalue weighted by atomic mass is 9.56. The number of nitrogens with one attached hydrogen (secondary N) is 2. The molecule has 0 bridgehead atoms. The van der Waals surface area contributed by atoms with Crippen molar-refractivity contribution in [2.75, 3.05) is 38.6 Å². The predicted molar refractivity (Wildman–Crippen MR) is 177 cm³/mol. The third kappa shape index (κ3) is 6.77. The number of aryl methyl sites for hydroxylation is 2. The standard InChI is InChI=1S/C35H49FN6O2/c1-22-16-27(24(3)25(4)35(22,5)6)19-38-34(41-15-13-37-23(2)20-41)40-28-9-11-30-32(17-28)39-21-42(33(30)43)14-12-26-8-10-29(44-7)18-31(26)36/h8-11,17-18,21-25,27,37H,12-16,19-20H2,1-7H3,(H,38,40)/t22-,23+,24+,25+,27-/m1/s1. The molecule has 1 aliphatic heterocycles. The van der Waals surface area contributed by atoms with Crippen LogP contribution in [0.1, 0.15) is 53.5 Å². The molecule has 0 spiro atoms. The highest BCUT2D eigenvalue weighted by molar-refractivity contribution is 5.95. The SMILES string of the molecule is COc1ccc(CCn2cnc3cc(NC(=NC[C@H]4C[C@@H](C)C(C)(C)[C@@H](C)[C@@H]4C)N4CCN[C@@H](C)C4)ccc3c2=O)c(F)c1. The van der Waals surface area contributed by atoms with Gasteiger partial charge in [-0.05, 0) is 78.7 Å². The smallest absolute Gasteiger partial charge is 0.261 e. The first-order valence-corrected chi connectivity index (χ1v) is 16.1. The summed E-state index contributed by atoms with van der Waals surface area (Å²) in [5, 5.41) is 7.66. The van der Waals surface area contributed by atoms with Crippen LogP contribution in [0.3, 0.4) is 0 Å². The molecule has 0 unspecified atom stereocenters. The zero-order valence-corrected chi connectivity index (χ0v) is 27.4. The van der Waals surface area contributed by atoms with Crippen molar-refractivity contribution in [3.63, 3.8) is 0 Å². The van der Waals surface area contributed by atoms with E-state index in [2.05, 4.69) is 62.1 Å². The summed E-state index contributed by atoms with van der Waals surface area (Å²) in [6, 6.07) is 10.8. The number of methoxy groups -OCH3 is 1. The van der Waals surface area contributed by atoms with E-state index in [9.17, 15) is 9.18 Å². The molecule has 238 valence electrons. The summed E-state index contributed by atoms with van der Waals surface area (Å²) in [4.78, 5) is 25.5. The maximum atomic E-state index is 14.4. The van der Waals surface area contributed by atoms with Crippen LogP contribution in [0.15, 0.2) is 52.5 Å². The molecule has 2 fully saturated rings. The number of halogens is 1. The van der Waals surface area contributed by atoms with Crippen molar-refractivity contribution in [3.8, 4) is 5.75 Å². The third-order valence-electron chi connectivity index (χ3n) is 10.7. The Labute approximate surface area is 261 Å². The van der Waals surface area contributed by atoms with Gasteiger partial charge >= 0.3 is 0 Å². The van der Waals surface area contributed by atoms with Crippen LogP contribution in [0.4, 0.5) is 10.1 Å². The van der Waals surface area contributed by atoms with E-state index in [0.717, 1.165) is 37.8 Å². The first-order valence-electron chi connectivity index (χ1n) is 16.1. The van der Waals surface area contributed by atoms with Gasteiger partial charge in [0.1, 0.15) is 11.6 Å². The van der Waals surface area contributed by atoms with E-state index in [-0.39, 0.29) is 11.4 Å². The van der Waals surface area contributed by atoms with Gasteiger partial charge < -0.3 is 20.3 Å². The van der Waals surface area contributed by atoms with Crippen molar-refractivity contribution >= 4 is 22.5 Å². The lowest BCUT2D eigenvalue weighted by molar-refractivity contribution is 0.00195. The molecule has 2 heterocycles. The van der Waals surface area contributed by atoms with Crippen molar-refractivity contribution in [2.45, 2.75) is 67.0 Å². The van der Waals surface area contributed by atoms with Gasteiger partial charge in [0.05, 0.1) is 24.3 Å². The normalized spacial score (nSPS) is 25.7. The average Bonchev–Trinajstić information content (AvgIpc) is 3.00. The minimum absolute atomic E-state index is 0.141. The largest absolute Gasteiger partial charge is 0.497 e. The Morgan fingerprint density at radius 2 is 1.98 bits per heavy atom. The summed E-state index contributed by atoms with van der Waals surface area (Å²) in [5.41, 5.74) is 2.19. The van der Waals surface area contributed by atoms with Crippen LogP contribution in [-0.2, 0) is 13.0 Å². The first kappa shape index (κ1) is 31.9. The number of nitrogens with zero attached hydrogens (tertiary/aromatic N) is 4. The molecule has 2 aromatic carbocycles. The summed E-state index contributed by atoms with van der Waals surface area (Å²) >= 11 is 0. The number of aromatic nitrogens is 2. The Morgan fingerprint density at radius 3 is 2.70 bits per heavy atom. The summed E-state index contributed by atoms with van der Waals surface area (Å²) in [6.07, 6.45) is 3.11. The van der Waals surface area contributed by atoms with Gasteiger partial charge in [-0.15, -0.1) is 0 Å². The summed E-state index contributed by atoms with van der Waals surface area (Å²) in [5.74, 6) is 3.42. The number of aliphatic imine (C=N–C) groups is 1. The fourth-order valence-corrected chi connectivity index (χ4v) is 6.92. The fraction of sp³-hybridized carbons (Fsp3) is 0.571. The van der Waals surface area contributed by atoms with Gasteiger partial charge in [0, 0.05) is 50.5 Å². The number of hydrogen-bond acceptors (Lipinski definition) is 5. The van der Waals surface area contributed by atoms with Crippen molar-refractivity contribution in [1.82, 2.24) is 19.8 Å². The topological polar surface area (TPSA) is 83.8 Å². The molecule has 9 heteroatoms. The number of ether oxygens (including phenoxy) is 1. The van der Waals surface area contributed by atoms with E-state index >= 15 is 0 Å². The molecule has 1 aromatic heterocycles. The Morgan fingerprint density at radius 1 is 1.18 bits per heavy atom. The number of rotatable bonds is 7. The Bertz CT molecular complexity index is 1550. The van der Waals surface area contributed by atoms with Crippen LogP contribution < -0.4 is 20.9 Å². The van der Waals surface area contributed by atoms with E-state index in [1.54, 1.807) is 23.0 Å². The van der Waals surface area contributed by atoms with E-state index in [0.29, 0.717) is 70.3 Å². The maximum Gasteiger partial charge on any atom is 0.261 e. The molecule has 5 atom stereocenters. The van der Waals surface area contributed by atoms with Gasteiger partial charge in [0.2, 0.25) is 0 Å². The average molecular weight is 605 g/mol. The Kier molecular flexibility index (Phi) is 9.63. The summed E-state index contributed by atoms with van der Waals surface area (Å²) < 4.78 is 21.1. The minimum Gasteiger partial charge on any atom is -0.497 e. The highest BCUT2D eigenvalue weighted by Crippen LogP contribution is 2.49. The molecule has 1 saturated heterocycles. The summed E-state index contributed by atoms with van der Waals surface area (Å²) in [7, 11) is 1.51. The predicted octanol–water partition coefficient (Wildman–Crippen LogP) is 5.80. The Hall–Kier alpha value is -3.46. The number of anilines is 1. The number of benzene rings is 2. The lowest BCUT2D eigenvalue weighted by Crippen LogP contribution is -2.53. The van der Waals surface area contributed by atoms with Gasteiger partial charge in [-0.3, -0.25) is 14.4 Å². The second-order valence-electron chi connectivity index (χ2n) is 13.6. The molecule has 0 amide bonds. The molecule has 44 heavy (non-hydrogen) atoms. The maximum absolute atomic E-state index is 14.4. The molecule has 0 radical (unpaired) electrons. The minimum atomic E-state index is -0.344. The number of piperazine rings is 1. The van der Waals surface area contributed by atoms with Gasteiger partial charge in [-0.2, -0.15) is 0 Å². The lowest BCUT2D eigenvalue weighted by Gasteiger charge is -2.49. The van der Waals surface area contributed by atoms with E-state index in [1.807, 2.05) is 18.2 Å². The molecule has 1 aliphatic carbocycles. The van der Waals surface area contributed by atoms with E-state index < -0.39 is 0 Å². The third-order valence-corrected chi connectivity index (χ3v) is 10.7. The molecule has 2 aliphatic rings. The highest BCUT2D eigenvalue weighted by atomic mass is 19.1. The van der Waals surface area contributed by atoms with Crippen molar-refractivity contribution in [3.05, 3.63) is 64.5 Å². The number of guanidine groups is 1. The molecule has 2 N–H and O–H groups in total. The molecule has 5 rings (SSSR count). The second kappa shape index (κ2) is 13.3. The quantitative estimate of drug-likeness (QED) is 0.262.